The summed E-state index contributed by atoms with van der Waals surface area (Å²) in [6, 6.07) is 12.9. The number of nitrogens with one attached hydrogen (secondary N) is 1. The Labute approximate surface area is 168 Å². The molecule has 0 atom stereocenters. The molecule has 0 bridgehead atoms. The Morgan fingerprint density at radius 2 is 1.89 bits per heavy atom. The number of hydrogen-bond donors (Lipinski definition) is 1. The summed E-state index contributed by atoms with van der Waals surface area (Å²) >= 11 is 11.8. The van der Waals surface area contributed by atoms with Crippen LogP contribution in [0.25, 0.3) is 0 Å². The molecule has 1 heterocycles. The maximum atomic E-state index is 12.7. The van der Waals surface area contributed by atoms with E-state index in [1.807, 2.05) is 23.1 Å². The molecule has 0 spiro atoms. The molecule has 0 saturated carbocycles. The third-order valence-corrected chi connectivity index (χ3v) is 5.17. The minimum atomic E-state index is -0.220. The lowest BCUT2D eigenvalue weighted by molar-refractivity contribution is -0.121. The van der Waals surface area contributed by atoms with Crippen molar-refractivity contribution in [3.05, 3.63) is 58.1 Å². The first-order chi connectivity index (χ1) is 12.9. The first-order valence-electron chi connectivity index (χ1n) is 8.76. The van der Waals surface area contributed by atoms with Gasteiger partial charge in [-0.05, 0) is 49.7 Å². The van der Waals surface area contributed by atoms with E-state index in [0.717, 1.165) is 18.5 Å². The van der Waals surface area contributed by atoms with E-state index in [2.05, 4.69) is 11.4 Å². The maximum absolute atomic E-state index is 12.7. The zero-order valence-corrected chi connectivity index (χ0v) is 16.6. The lowest BCUT2D eigenvalue weighted by atomic mass is 10.0. The highest BCUT2D eigenvalue weighted by Gasteiger charge is 2.23. The van der Waals surface area contributed by atoms with Gasteiger partial charge in [0, 0.05) is 17.9 Å². The second-order valence-corrected chi connectivity index (χ2v) is 7.44. The monoisotopic (exact) mass is 405 g/mol. The molecule has 142 valence electrons. The normalized spacial score (nSPS) is 13.4. The number of anilines is 2. The van der Waals surface area contributed by atoms with Crippen molar-refractivity contribution in [1.29, 1.82) is 0 Å². The number of carbonyl (C=O) groups excluding carboxylic acids is 2. The number of halogens is 2. The van der Waals surface area contributed by atoms with Gasteiger partial charge in [0.05, 0.1) is 23.1 Å². The van der Waals surface area contributed by atoms with Crippen molar-refractivity contribution in [2.24, 2.45) is 0 Å². The van der Waals surface area contributed by atoms with Crippen LogP contribution in [0.1, 0.15) is 12.0 Å². The van der Waals surface area contributed by atoms with Crippen molar-refractivity contribution < 1.29 is 9.59 Å². The Kier molecular flexibility index (Phi) is 6.37. The predicted octanol–water partition coefficient (Wildman–Crippen LogP) is 3.84. The summed E-state index contributed by atoms with van der Waals surface area (Å²) in [4.78, 5) is 28.4. The van der Waals surface area contributed by atoms with Gasteiger partial charge < -0.3 is 10.2 Å². The highest BCUT2D eigenvalue weighted by molar-refractivity contribution is 6.42. The molecule has 0 radical (unpaired) electrons. The third-order valence-electron chi connectivity index (χ3n) is 4.43. The summed E-state index contributed by atoms with van der Waals surface area (Å²) < 4.78 is 0. The van der Waals surface area contributed by atoms with Crippen molar-refractivity contribution in [2.45, 2.75) is 12.8 Å². The molecule has 5 nitrogen and oxygen atoms in total. The number of para-hydroxylation sites is 1. The molecule has 0 saturated heterocycles. The molecular weight excluding hydrogens is 385 g/mol. The molecule has 3 rings (SSSR count). The van der Waals surface area contributed by atoms with Crippen LogP contribution in [0.15, 0.2) is 42.5 Å². The summed E-state index contributed by atoms with van der Waals surface area (Å²) in [5.41, 5.74) is 2.73. The van der Waals surface area contributed by atoms with Gasteiger partial charge in [0.15, 0.2) is 0 Å². The zero-order valence-electron chi connectivity index (χ0n) is 15.0. The largest absolute Gasteiger partial charge is 0.325 e. The van der Waals surface area contributed by atoms with E-state index in [9.17, 15) is 9.59 Å². The lowest BCUT2D eigenvalue weighted by Gasteiger charge is -2.30. The Balaban J connectivity index is 1.56. The predicted molar refractivity (Wildman–Crippen MR) is 110 cm³/mol. The minimum Gasteiger partial charge on any atom is -0.325 e. The Morgan fingerprint density at radius 1 is 1.11 bits per heavy atom. The SMILES string of the molecule is CN(CC(=O)Nc1ccc(Cl)c(Cl)c1)CC(=O)N1CCCc2ccccc21. The second kappa shape index (κ2) is 8.74. The molecule has 0 aromatic heterocycles. The van der Waals surface area contributed by atoms with Crippen LogP contribution in [0.3, 0.4) is 0 Å². The summed E-state index contributed by atoms with van der Waals surface area (Å²) in [6.07, 6.45) is 1.94. The zero-order chi connectivity index (χ0) is 19.4. The van der Waals surface area contributed by atoms with E-state index < -0.39 is 0 Å². The van der Waals surface area contributed by atoms with Crippen molar-refractivity contribution in [2.75, 3.05) is 36.9 Å². The molecule has 1 aliphatic rings. The Morgan fingerprint density at radius 3 is 2.67 bits per heavy atom. The molecule has 1 N–H and O–H groups in total. The van der Waals surface area contributed by atoms with Crippen LogP contribution in [-0.2, 0) is 16.0 Å². The van der Waals surface area contributed by atoms with E-state index in [1.54, 1.807) is 30.1 Å². The van der Waals surface area contributed by atoms with Crippen molar-refractivity contribution >= 4 is 46.4 Å². The first kappa shape index (κ1) is 19.7. The maximum Gasteiger partial charge on any atom is 0.241 e. The van der Waals surface area contributed by atoms with Gasteiger partial charge in [-0.25, -0.2) is 0 Å². The van der Waals surface area contributed by atoms with Gasteiger partial charge in [0.25, 0.3) is 0 Å². The van der Waals surface area contributed by atoms with Gasteiger partial charge in [-0.1, -0.05) is 41.4 Å². The molecule has 2 aromatic rings. The number of amides is 2. The number of fused-ring (bicyclic) bond motifs is 1. The molecule has 0 unspecified atom stereocenters. The van der Waals surface area contributed by atoms with Gasteiger partial charge in [0.1, 0.15) is 0 Å². The van der Waals surface area contributed by atoms with E-state index >= 15 is 0 Å². The van der Waals surface area contributed by atoms with Gasteiger partial charge in [-0.15, -0.1) is 0 Å². The van der Waals surface area contributed by atoms with Gasteiger partial charge >= 0.3 is 0 Å². The van der Waals surface area contributed by atoms with Crippen molar-refractivity contribution in [3.63, 3.8) is 0 Å². The average Bonchev–Trinajstić information content (AvgIpc) is 2.64. The molecule has 0 fully saturated rings. The standard InChI is InChI=1S/C20H21Cl2N3O2/c1-24(12-19(26)23-15-8-9-16(21)17(22)11-15)13-20(27)25-10-4-6-14-5-2-3-7-18(14)25/h2-3,5,7-9,11H,4,6,10,12-13H2,1H3,(H,23,26). The lowest BCUT2D eigenvalue weighted by Crippen LogP contribution is -2.43. The van der Waals surface area contributed by atoms with E-state index in [0.29, 0.717) is 22.3 Å². The van der Waals surface area contributed by atoms with Crippen LogP contribution in [0.4, 0.5) is 11.4 Å². The number of rotatable bonds is 5. The second-order valence-electron chi connectivity index (χ2n) is 6.63. The summed E-state index contributed by atoms with van der Waals surface area (Å²) in [5, 5.41) is 3.57. The van der Waals surface area contributed by atoms with Crippen LogP contribution < -0.4 is 10.2 Å². The number of carbonyl (C=O) groups is 2. The Bertz CT molecular complexity index is 857. The minimum absolute atomic E-state index is 0.00742. The van der Waals surface area contributed by atoms with Gasteiger partial charge in [-0.2, -0.15) is 0 Å². The molecule has 2 aromatic carbocycles. The quantitative estimate of drug-likeness (QED) is 0.821. The van der Waals surface area contributed by atoms with Gasteiger partial charge in [0.2, 0.25) is 11.8 Å². The van der Waals surface area contributed by atoms with E-state index in [1.165, 1.54) is 5.56 Å². The Hall–Kier alpha value is -2.08. The molecule has 27 heavy (non-hydrogen) atoms. The number of aryl methyl sites for hydroxylation is 1. The molecule has 7 heteroatoms. The highest BCUT2D eigenvalue weighted by atomic mass is 35.5. The molecule has 1 aliphatic heterocycles. The number of hydrogen-bond acceptors (Lipinski definition) is 3. The number of likely N-dealkylation sites (N-methyl/N-ethyl adjacent to an activating group) is 1. The van der Waals surface area contributed by atoms with Crippen LogP contribution >= 0.6 is 23.2 Å². The molecular formula is C20H21Cl2N3O2. The van der Waals surface area contributed by atoms with E-state index in [-0.39, 0.29) is 24.9 Å². The molecule has 0 aliphatic carbocycles. The van der Waals surface area contributed by atoms with Crippen molar-refractivity contribution in [3.8, 4) is 0 Å². The van der Waals surface area contributed by atoms with E-state index in [4.69, 9.17) is 23.2 Å². The number of nitrogens with zero attached hydrogens (tertiary/aromatic N) is 2. The van der Waals surface area contributed by atoms with Crippen LogP contribution in [0, 0.1) is 0 Å². The average molecular weight is 406 g/mol. The smallest absolute Gasteiger partial charge is 0.241 e. The number of benzene rings is 2. The fourth-order valence-electron chi connectivity index (χ4n) is 3.18. The highest BCUT2D eigenvalue weighted by Crippen LogP contribution is 2.27. The van der Waals surface area contributed by atoms with Crippen LogP contribution in [0.5, 0.6) is 0 Å². The van der Waals surface area contributed by atoms with Crippen molar-refractivity contribution in [1.82, 2.24) is 4.90 Å². The summed E-state index contributed by atoms with van der Waals surface area (Å²) in [6.45, 7) is 0.976. The van der Waals surface area contributed by atoms with Crippen LogP contribution in [0.2, 0.25) is 10.0 Å². The molecule has 2 amide bonds. The van der Waals surface area contributed by atoms with Gasteiger partial charge in [-0.3, -0.25) is 14.5 Å². The topological polar surface area (TPSA) is 52.7 Å². The fourth-order valence-corrected chi connectivity index (χ4v) is 3.48. The summed E-state index contributed by atoms with van der Waals surface area (Å²) in [7, 11) is 1.75. The first-order valence-corrected chi connectivity index (χ1v) is 9.51. The summed E-state index contributed by atoms with van der Waals surface area (Å²) in [5.74, 6) is -0.227. The third kappa shape index (κ3) is 5.01. The fraction of sp³-hybridized carbons (Fsp3) is 0.300. The van der Waals surface area contributed by atoms with Crippen LogP contribution in [-0.4, -0.2) is 43.4 Å².